The molecular weight excluding hydrogens is 326 g/mol. The smallest absolute Gasteiger partial charge is 0.252 e. The molecule has 4 nitrogen and oxygen atoms in total. The molecular formula is C13H14BrN3OS. The quantitative estimate of drug-likeness (QED) is 0.844. The third-order valence-corrected chi connectivity index (χ3v) is 4.15. The van der Waals surface area contributed by atoms with Gasteiger partial charge in [0.05, 0.1) is 6.54 Å². The maximum Gasteiger partial charge on any atom is 0.252 e. The van der Waals surface area contributed by atoms with Gasteiger partial charge in [-0.3, -0.25) is 4.79 Å². The highest BCUT2D eigenvalue weighted by Gasteiger charge is 2.12. The number of nitrogen functional groups attached to an aromatic ring is 1. The number of nitrogens with zero attached hydrogens (tertiary/aromatic N) is 1. The summed E-state index contributed by atoms with van der Waals surface area (Å²) in [5.41, 5.74) is 8.79. The molecule has 2 aromatic rings. The number of aryl methyl sites for hydroxylation is 1. The number of carbonyl (C=O) groups is 1. The molecule has 3 N–H and O–H groups in total. The summed E-state index contributed by atoms with van der Waals surface area (Å²) in [6.07, 6.45) is 0. The third-order valence-electron chi connectivity index (χ3n) is 2.72. The maximum absolute atomic E-state index is 12.1. The van der Waals surface area contributed by atoms with Gasteiger partial charge in [0.1, 0.15) is 5.01 Å². The first kappa shape index (κ1) is 14.0. The number of benzene rings is 1. The molecule has 0 fully saturated rings. The van der Waals surface area contributed by atoms with Crippen LogP contribution in [0.2, 0.25) is 0 Å². The Morgan fingerprint density at radius 1 is 1.47 bits per heavy atom. The third kappa shape index (κ3) is 3.33. The van der Waals surface area contributed by atoms with Crippen LogP contribution in [0.4, 0.5) is 5.69 Å². The van der Waals surface area contributed by atoms with Crippen molar-refractivity contribution in [3.05, 3.63) is 43.8 Å². The highest BCUT2D eigenvalue weighted by Crippen LogP contribution is 2.22. The minimum absolute atomic E-state index is 0.140. The number of thiazole rings is 1. The lowest BCUT2D eigenvalue weighted by molar-refractivity contribution is 0.0950. The topological polar surface area (TPSA) is 68.0 Å². The van der Waals surface area contributed by atoms with Gasteiger partial charge in [0, 0.05) is 26.8 Å². The van der Waals surface area contributed by atoms with Crippen molar-refractivity contribution in [2.75, 3.05) is 5.73 Å². The monoisotopic (exact) mass is 339 g/mol. The number of nitrogens with one attached hydrogen (secondary N) is 1. The SMILES string of the molecule is Cc1csc(CNC(=O)c2cc(Br)cc(N)c2C)n1. The fourth-order valence-corrected chi connectivity index (χ4v) is 2.86. The molecule has 0 radical (unpaired) electrons. The fourth-order valence-electron chi connectivity index (χ4n) is 1.67. The van der Waals surface area contributed by atoms with E-state index in [9.17, 15) is 4.79 Å². The van der Waals surface area contributed by atoms with Crippen molar-refractivity contribution in [1.82, 2.24) is 10.3 Å². The van der Waals surface area contributed by atoms with E-state index in [4.69, 9.17) is 5.73 Å². The van der Waals surface area contributed by atoms with Crippen molar-refractivity contribution >= 4 is 38.9 Å². The first-order valence-corrected chi connectivity index (χ1v) is 7.39. The van der Waals surface area contributed by atoms with Gasteiger partial charge in [-0.1, -0.05) is 15.9 Å². The number of halogens is 1. The Morgan fingerprint density at radius 3 is 2.84 bits per heavy atom. The van der Waals surface area contributed by atoms with Crippen molar-refractivity contribution in [3.63, 3.8) is 0 Å². The Labute approximate surface area is 124 Å². The number of rotatable bonds is 3. The molecule has 100 valence electrons. The predicted molar refractivity (Wildman–Crippen MR) is 81.3 cm³/mol. The predicted octanol–water partition coefficient (Wildman–Crippen LogP) is 3.03. The summed E-state index contributed by atoms with van der Waals surface area (Å²) >= 11 is 4.88. The zero-order valence-electron chi connectivity index (χ0n) is 10.7. The van der Waals surface area contributed by atoms with Gasteiger partial charge in [0.15, 0.2) is 0 Å². The van der Waals surface area contributed by atoms with Gasteiger partial charge in [-0.25, -0.2) is 4.98 Å². The van der Waals surface area contributed by atoms with Crippen LogP contribution in [0.3, 0.4) is 0 Å². The van der Waals surface area contributed by atoms with E-state index in [1.807, 2.05) is 19.2 Å². The summed E-state index contributed by atoms with van der Waals surface area (Å²) in [6.45, 7) is 4.20. The number of aromatic nitrogens is 1. The van der Waals surface area contributed by atoms with Crippen LogP contribution in [0.25, 0.3) is 0 Å². The molecule has 2 rings (SSSR count). The van der Waals surface area contributed by atoms with Crippen LogP contribution in [-0.2, 0) is 6.54 Å². The van der Waals surface area contributed by atoms with Crippen molar-refractivity contribution in [1.29, 1.82) is 0 Å². The molecule has 0 saturated carbocycles. The van der Waals surface area contributed by atoms with E-state index in [1.54, 1.807) is 12.1 Å². The van der Waals surface area contributed by atoms with Gasteiger partial charge < -0.3 is 11.1 Å². The Morgan fingerprint density at radius 2 is 2.21 bits per heavy atom. The molecule has 0 atom stereocenters. The largest absolute Gasteiger partial charge is 0.398 e. The van der Waals surface area contributed by atoms with E-state index < -0.39 is 0 Å². The van der Waals surface area contributed by atoms with Gasteiger partial charge in [0.25, 0.3) is 5.91 Å². The Bertz CT molecular complexity index is 624. The fraction of sp³-hybridized carbons (Fsp3) is 0.231. The summed E-state index contributed by atoms with van der Waals surface area (Å²) in [4.78, 5) is 16.4. The lowest BCUT2D eigenvalue weighted by atomic mass is 10.1. The normalized spacial score (nSPS) is 10.5. The number of hydrogen-bond donors (Lipinski definition) is 2. The molecule has 0 unspecified atom stereocenters. The van der Waals surface area contributed by atoms with E-state index in [0.29, 0.717) is 17.8 Å². The number of nitrogens with two attached hydrogens (primary N) is 1. The Balaban J connectivity index is 2.12. The highest BCUT2D eigenvalue weighted by atomic mass is 79.9. The molecule has 1 amide bonds. The molecule has 19 heavy (non-hydrogen) atoms. The van der Waals surface area contributed by atoms with Gasteiger partial charge in [-0.05, 0) is 31.5 Å². The zero-order chi connectivity index (χ0) is 14.0. The second-order valence-corrected chi connectivity index (χ2v) is 6.09. The molecule has 0 aliphatic rings. The van der Waals surface area contributed by atoms with Crippen LogP contribution in [0.1, 0.15) is 26.6 Å². The van der Waals surface area contributed by atoms with Crippen molar-refractivity contribution in [2.24, 2.45) is 0 Å². The van der Waals surface area contributed by atoms with Crippen molar-refractivity contribution in [2.45, 2.75) is 20.4 Å². The Hall–Kier alpha value is -1.40. The summed E-state index contributed by atoms with van der Waals surface area (Å²) in [5.74, 6) is -0.140. The number of anilines is 1. The molecule has 1 aromatic heterocycles. The first-order valence-electron chi connectivity index (χ1n) is 5.72. The molecule has 0 saturated heterocycles. The molecule has 6 heteroatoms. The van der Waals surface area contributed by atoms with Gasteiger partial charge in [0.2, 0.25) is 0 Å². The first-order chi connectivity index (χ1) is 8.97. The molecule has 1 aromatic carbocycles. The average molecular weight is 340 g/mol. The second-order valence-electron chi connectivity index (χ2n) is 4.23. The standard InChI is InChI=1S/C13H14BrN3OS/c1-7-6-19-12(17-7)5-16-13(18)10-3-9(14)4-11(15)8(10)2/h3-4,6H,5,15H2,1-2H3,(H,16,18). The molecule has 0 bridgehead atoms. The molecule has 1 heterocycles. The molecule has 0 aliphatic carbocycles. The van der Waals surface area contributed by atoms with E-state index >= 15 is 0 Å². The lowest BCUT2D eigenvalue weighted by Gasteiger charge is -2.09. The average Bonchev–Trinajstić information content (AvgIpc) is 2.76. The zero-order valence-corrected chi connectivity index (χ0v) is 13.1. The summed E-state index contributed by atoms with van der Waals surface area (Å²) in [6, 6.07) is 3.56. The van der Waals surface area contributed by atoms with E-state index in [2.05, 4.69) is 26.2 Å². The number of amides is 1. The molecule has 0 aliphatic heterocycles. The lowest BCUT2D eigenvalue weighted by Crippen LogP contribution is -2.24. The van der Waals surface area contributed by atoms with Crippen LogP contribution < -0.4 is 11.1 Å². The van der Waals surface area contributed by atoms with Crippen LogP contribution in [-0.4, -0.2) is 10.9 Å². The van der Waals surface area contributed by atoms with Gasteiger partial charge >= 0.3 is 0 Å². The van der Waals surface area contributed by atoms with Gasteiger partial charge in [-0.2, -0.15) is 0 Å². The summed E-state index contributed by atoms with van der Waals surface area (Å²) in [5, 5.41) is 5.71. The number of carbonyl (C=O) groups excluding carboxylic acids is 1. The van der Waals surface area contributed by atoms with E-state index in [1.165, 1.54) is 11.3 Å². The van der Waals surface area contributed by atoms with Crippen LogP contribution in [0.15, 0.2) is 22.0 Å². The van der Waals surface area contributed by atoms with Crippen molar-refractivity contribution in [3.8, 4) is 0 Å². The molecule has 0 spiro atoms. The number of hydrogen-bond acceptors (Lipinski definition) is 4. The summed E-state index contributed by atoms with van der Waals surface area (Å²) < 4.78 is 0.797. The van der Waals surface area contributed by atoms with Crippen LogP contribution >= 0.6 is 27.3 Å². The minimum Gasteiger partial charge on any atom is -0.398 e. The van der Waals surface area contributed by atoms with E-state index in [0.717, 1.165) is 20.7 Å². The Kier molecular flexibility index (Phi) is 4.21. The summed E-state index contributed by atoms with van der Waals surface area (Å²) in [7, 11) is 0. The second kappa shape index (κ2) is 5.71. The minimum atomic E-state index is -0.140. The highest BCUT2D eigenvalue weighted by molar-refractivity contribution is 9.10. The maximum atomic E-state index is 12.1. The van der Waals surface area contributed by atoms with Crippen molar-refractivity contribution < 1.29 is 4.79 Å². The van der Waals surface area contributed by atoms with E-state index in [-0.39, 0.29) is 5.91 Å². The van der Waals surface area contributed by atoms with Crippen LogP contribution in [0.5, 0.6) is 0 Å². The van der Waals surface area contributed by atoms with Crippen LogP contribution in [0, 0.1) is 13.8 Å². The van der Waals surface area contributed by atoms with Gasteiger partial charge in [-0.15, -0.1) is 11.3 Å².